The molecule has 26 heavy (non-hydrogen) atoms. The van der Waals surface area contributed by atoms with Gasteiger partial charge in [-0.25, -0.2) is 18.2 Å². The van der Waals surface area contributed by atoms with Crippen LogP contribution in [0.4, 0.5) is 0 Å². The molecule has 1 aliphatic carbocycles. The van der Waals surface area contributed by atoms with Crippen LogP contribution in [0.2, 0.25) is 0 Å². The van der Waals surface area contributed by atoms with E-state index in [0.717, 1.165) is 13.1 Å². The zero-order chi connectivity index (χ0) is 18.4. The number of hydrogen-bond acceptors (Lipinski definition) is 5. The van der Waals surface area contributed by atoms with Gasteiger partial charge in [-0.2, -0.15) is 0 Å². The molecule has 1 spiro atoms. The second-order valence-electron chi connectivity index (χ2n) is 7.34. The van der Waals surface area contributed by atoms with Gasteiger partial charge >= 0.3 is 0 Å². The van der Waals surface area contributed by atoms with Crippen molar-refractivity contribution in [2.24, 2.45) is 10.6 Å². The van der Waals surface area contributed by atoms with E-state index in [9.17, 15) is 13.2 Å². The van der Waals surface area contributed by atoms with Gasteiger partial charge in [0.1, 0.15) is 0 Å². The Balaban J connectivity index is 1.46. The molecular formula is C17H21N5O3S. The van der Waals surface area contributed by atoms with Gasteiger partial charge in [-0.1, -0.05) is 17.7 Å². The summed E-state index contributed by atoms with van der Waals surface area (Å²) in [4.78, 5) is 14.6. The van der Waals surface area contributed by atoms with Crippen molar-refractivity contribution in [2.45, 2.75) is 25.7 Å². The van der Waals surface area contributed by atoms with Crippen molar-refractivity contribution in [3.63, 3.8) is 0 Å². The van der Waals surface area contributed by atoms with Crippen LogP contribution in [0, 0.1) is 5.41 Å². The standard InChI is InChI=1S/C17H21N5O3S/c18-26(24,25)8-5-14-10-22(20-19-14)15-4-1-3-13(9-15)16(23)21-11-17(12-21)6-2-7-17/h1,3-4,9-10H,2,5-8,11-12H2,(H2,18,24,25). The Kier molecular flexibility index (Phi) is 4.07. The van der Waals surface area contributed by atoms with Crippen LogP contribution in [0.3, 0.4) is 0 Å². The van der Waals surface area contributed by atoms with Crippen LogP contribution in [0.1, 0.15) is 35.3 Å². The lowest BCUT2D eigenvalue weighted by molar-refractivity contribution is -0.0426. The largest absolute Gasteiger partial charge is 0.337 e. The lowest BCUT2D eigenvalue weighted by Gasteiger charge is -2.55. The van der Waals surface area contributed by atoms with E-state index in [1.807, 2.05) is 17.0 Å². The Bertz CT molecular complexity index is 941. The van der Waals surface area contributed by atoms with Crippen LogP contribution >= 0.6 is 0 Å². The van der Waals surface area contributed by atoms with E-state index < -0.39 is 10.0 Å². The molecule has 1 saturated heterocycles. The summed E-state index contributed by atoms with van der Waals surface area (Å²) in [5, 5.41) is 13.0. The zero-order valence-corrected chi connectivity index (χ0v) is 15.2. The molecular weight excluding hydrogens is 354 g/mol. The molecule has 0 radical (unpaired) electrons. The monoisotopic (exact) mass is 375 g/mol. The highest BCUT2D eigenvalue weighted by molar-refractivity contribution is 7.89. The van der Waals surface area contributed by atoms with Gasteiger partial charge in [0.15, 0.2) is 0 Å². The minimum absolute atomic E-state index is 0.0407. The number of primary sulfonamides is 1. The normalized spacial score (nSPS) is 18.4. The Morgan fingerprint density at radius 1 is 1.27 bits per heavy atom. The summed E-state index contributed by atoms with van der Waals surface area (Å²) in [7, 11) is -3.54. The number of rotatable bonds is 5. The molecule has 2 heterocycles. The zero-order valence-electron chi connectivity index (χ0n) is 14.3. The Morgan fingerprint density at radius 3 is 2.69 bits per heavy atom. The van der Waals surface area contributed by atoms with Crippen molar-refractivity contribution in [1.29, 1.82) is 0 Å². The Hall–Kier alpha value is -2.26. The number of sulfonamides is 1. The molecule has 1 aromatic heterocycles. The summed E-state index contributed by atoms with van der Waals surface area (Å²) in [6.45, 7) is 1.72. The third kappa shape index (κ3) is 3.36. The van der Waals surface area contributed by atoms with Crippen LogP contribution in [0.25, 0.3) is 5.69 Å². The van der Waals surface area contributed by atoms with Crippen molar-refractivity contribution in [2.75, 3.05) is 18.8 Å². The van der Waals surface area contributed by atoms with Crippen LogP contribution < -0.4 is 5.14 Å². The van der Waals surface area contributed by atoms with Gasteiger partial charge in [0.05, 0.1) is 23.3 Å². The molecule has 2 aliphatic rings. The number of carbonyl (C=O) groups excluding carboxylic acids is 1. The number of aryl methyl sites for hydroxylation is 1. The van der Waals surface area contributed by atoms with Crippen molar-refractivity contribution in [3.8, 4) is 5.69 Å². The lowest BCUT2D eigenvalue weighted by atomic mass is 9.63. The molecule has 8 nitrogen and oxygen atoms in total. The topological polar surface area (TPSA) is 111 Å². The molecule has 1 aliphatic heterocycles. The number of amides is 1. The fourth-order valence-corrected chi connectivity index (χ4v) is 4.14. The second kappa shape index (κ2) is 6.17. The molecule has 0 atom stereocenters. The summed E-state index contributed by atoms with van der Waals surface area (Å²) in [6.07, 6.45) is 5.60. The van der Waals surface area contributed by atoms with Crippen LogP contribution in [0.15, 0.2) is 30.5 Å². The molecule has 9 heteroatoms. The van der Waals surface area contributed by atoms with Crippen LogP contribution in [-0.4, -0.2) is 53.1 Å². The molecule has 1 aromatic carbocycles. The first kappa shape index (κ1) is 17.2. The van der Waals surface area contributed by atoms with Gasteiger partial charge < -0.3 is 4.90 Å². The number of nitrogens with zero attached hydrogens (tertiary/aromatic N) is 4. The maximum atomic E-state index is 12.7. The average Bonchev–Trinajstić information content (AvgIpc) is 2.99. The van der Waals surface area contributed by atoms with E-state index >= 15 is 0 Å². The predicted molar refractivity (Wildman–Crippen MR) is 95.2 cm³/mol. The van der Waals surface area contributed by atoms with E-state index in [1.165, 1.54) is 19.3 Å². The van der Waals surface area contributed by atoms with Crippen LogP contribution in [0.5, 0.6) is 0 Å². The SMILES string of the molecule is NS(=O)(=O)CCc1cn(-c2cccc(C(=O)N3CC4(CCC4)C3)c2)nn1. The molecule has 1 saturated carbocycles. The fraction of sp³-hybridized carbons (Fsp3) is 0.471. The summed E-state index contributed by atoms with van der Waals surface area (Å²) >= 11 is 0. The number of aromatic nitrogens is 3. The first-order valence-electron chi connectivity index (χ1n) is 8.65. The average molecular weight is 375 g/mol. The van der Waals surface area contributed by atoms with Crippen LogP contribution in [-0.2, 0) is 16.4 Å². The Labute approximate surface area is 152 Å². The smallest absolute Gasteiger partial charge is 0.253 e. The Morgan fingerprint density at radius 2 is 2.04 bits per heavy atom. The fourth-order valence-electron chi connectivity index (χ4n) is 3.65. The quantitative estimate of drug-likeness (QED) is 0.828. The lowest BCUT2D eigenvalue weighted by Crippen LogP contribution is -2.61. The maximum Gasteiger partial charge on any atom is 0.253 e. The molecule has 0 unspecified atom stereocenters. The minimum Gasteiger partial charge on any atom is -0.337 e. The third-order valence-electron chi connectivity index (χ3n) is 5.30. The molecule has 2 fully saturated rings. The van der Waals surface area contributed by atoms with E-state index in [2.05, 4.69) is 10.3 Å². The van der Waals surface area contributed by atoms with Gasteiger partial charge in [-0.05, 0) is 31.0 Å². The first-order valence-corrected chi connectivity index (χ1v) is 10.4. The van der Waals surface area contributed by atoms with Gasteiger partial charge in [-0.15, -0.1) is 5.10 Å². The number of benzene rings is 1. The van der Waals surface area contributed by atoms with E-state index in [4.69, 9.17) is 5.14 Å². The highest BCUT2D eigenvalue weighted by Gasteiger charge is 2.48. The van der Waals surface area contributed by atoms with Gasteiger partial charge in [0.2, 0.25) is 10.0 Å². The highest BCUT2D eigenvalue weighted by atomic mass is 32.2. The second-order valence-corrected chi connectivity index (χ2v) is 9.07. The summed E-state index contributed by atoms with van der Waals surface area (Å²) < 4.78 is 23.6. The summed E-state index contributed by atoms with van der Waals surface area (Å²) in [5.41, 5.74) is 2.27. The summed E-state index contributed by atoms with van der Waals surface area (Å²) in [6, 6.07) is 7.23. The van der Waals surface area contributed by atoms with Crippen molar-refractivity contribution >= 4 is 15.9 Å². The predicted octanol–water partition coefficient (Wildman–Crippen LogP) is 0.724. The highest BCUT2D eigenvalue weighted by Crippen LogP contribution is 2.48. The minimum atomic E-state index is -3.54. The number of nitrogens with two attached hydrogens (primary N) is 1. The molecule has 4 rings (SSSR count). The number of carbonyl (C=O) groups is 1. The van der Waals surface area contributed by atoms with Gasteiger partial charge in [0.25, 0.3) is 5.91 Å². The summed E-state index contributed by atoms with van der Waals surface area (Å²) in [5.74, 6) is -0.139. The van der Waals surface area contributed by atoms with Crippen molar-refractivity contribution < 1.29 is 13.2 Å². The van der Waals surface area contributed by atoms with Crippen molar-refractivity contribution in [1.82, 2.24) is 19.9 Å². The van der Waals surface area contributed by atoms with Gasteiger partial charge in [-0.3, -0.25) is 4.79 Å². The molecule has 138 valence electrons. The van der Waals surface area contributed by atoms with Crippen molar-refractivity contribution in [3.05, 3.63) is 41.7 Å². The number of likely N-dealkylation sites (tertiary alicyclic amines) is 1. The molecule has 2 aromatic rings. The first-order chi connectivity index (χ1) is 12.3. The third-order valence-corrected chi connectivity index (χ3v) is 6.07. The molecule has 0 bridgehead atoms. The van der Waals surface area contributed by atoms with Gasteiger partial charge in [0, 0.05) is 30.5 Å². The molecule has 1 amide bonds. The number of hydrogen-bond donors (Lipinski definition) is 1. The maximum absolute atomic E-state index is 12.7. The van der Waals surface area contributed by atoms with E-state index in [-0.39, 0.29) is 18.1 Å². The molecule has 2 N–H and O–H groups in total. The van der Waals surface area contributed by atoms with E-state index in [1.54, 1.807) is 23.0 Å². The van der Waals surface area contributed by atoms with E-state index in [0.29, 0.717) is 22.4 Å².